The van der Waals surface area contributed by atoms with Crippen LogP contribution >= 0.6 is 0 Å². The van der Waals surface area contributed by atoms with Gasteiger partial charge in [-0.15, -0.1) is 0 Å². The summed E-state index contributed by atoms with van der Waals surface area (Å²) >= 11 is 0. The summed E-state index contributed by atoms with van der Waals surface area (Å²) in [6, 6.07) is 5.95. The van der Waals surface area contributed by atoms with Crippen LogP contribution in [0, 0.1) is 0 Å². The third-order valence-electron chi connectivity index (χ3n) is 4.33. The Bertz CT molecular complexity index is 963. The first-order chi connectivity index (χ1) is 14.0. The fourth-order valence-corrected chi connectivity index (χ4v) is 2.91. The molecule has 0 amide bonds. The summed E-state index contributed by atoms with van der Waals surface area (Å²) < 4.78 is 21.3. The molecule has 2 aromatic rings. The van der Waals surface area contributed by atoms with Gasteiger partial charge in [0.25, 0.3) is 0 Å². The molecule has 0 bridgehead atoms. The lowest BCUT2D eigenvalue weighted by molar-refractivity contribution is -0.116. The molecule has 0 saturated carbocycles. The number of ketones is 2. The summed E-state index contributed by atoms with van der Waals surface area (Å²) in [7, 11) is 4.26. The second kappa shape index (κ2) is 8.59. The Hall–Kier alpha value is -3.62. The highest BCUT2D eigenvalue weighted by Gasteiger charge is 2.30. The van der Waals surface area contributed by atoms with Crippen molar-refractivity contribution in [1.82, 2.24) is 9.97 Å². The van der Waals surface area contributed by atoms with Crippen LogP contribution in [0.2, 0.25) is 0 Å². The van der Waals surface area contributed by atoms with Crippen molar-refractivity contribution >= 4 is 11.6 Å². The number of hydrogen-bond acceptors (Lipinski definition) is 9. The molecule has 1 aliphatic rings. The van der Waals surface area contributed by atoms with E-state index in [4.69, 9.17) is 18.9 Å². The molecule has 0 unspecified atom stereocenters. The third kappa shape index (κ3) is 4.13. The van der Waals surface area contributed by atoms with E-state index in [2.05, 4.69) is 9.97 Å². The number of aliphatic hydroxyl groups is 1. The zero-order chi connectivity index (χ0) is 21.0. The molecule has 0 atom stereocenters. The molecule has 0 radical (unpaired) electrons. The van der Waals surface area contributed by atoms with Gasteiger partial charge in [-0.1, -0.05) is 6.07 Å². The Kier molecular flexibility index (Phi) is 5.96. The molecule has 0 spiro atoms. The van der Waals surface area contributed by atoms with Gasteiger partial charge in [-0.25, -0.2) is 0 Å². The van der Waals surface area contributed by atoms with Crippen molar-refractivity contribution in [3.05, 3.63) is 41.2 Å². The normalized spacial score (nSPS) is 13.8. The van der Waals surface area contributed by atoms with Gasteiger partial charge in [-0.3, -0.25) is 9.59 Å². The van der Waals surface area contributed by atoms with Crippen molar-refractivity contribution in [3.63, 3.8) is 0 Å². The molecule has 9 nitrogen and oxygen atoms in total. The SMILES string of the molecule is COc1cc(OC)nc(Oc2c(OC)cccc2C(=O)C2=C(O)CCCC2=O)n1. The summed E-state index contributed by atoms with van der Waals surface area (Å²) in [5.41, 5.74) is -0.204. The first kappa shape index (κ1) is 20.1. The monoisotopic (exact) mass is 400 g/mol. The highest BCUT2D eigenvalue weighted by Crippen LogP contribution is 2.37. The van der Waals surface area contributed by atoms with E-state index in [0.29, 0.717) is 6.42 Å². The van der Waals surface area contributed by atoms with Crippen LogP contribution in [0.4, 0.5) is 0 Å². The zero-order valence-electron chi connectivity index (χ0n) is 16.2. The Morgan fingerprint density at radius 3 is 2.31 bits per heavy atom. The largest absolute Gasteiger partial charge is 0.511 e. The summed E-state index contributed by atoms with van der Waals surface area (Å²) in [5, 5.41) is 10.1. The summed E-state index contributed by atoms with van der Waals surface area (Å²) in [6.45, 7) is 0. The van der Waals surface area contributed by atoms with E-state index in [9.17, 15) is 14.7 Å². The van der Waals surface area contributed by atoms with Crippen molar-refractivity contribution in [2.75, 3.05) is 21.3 Å². The topological polar surface area (TPSA) is 117 Å². The van der Waals surface area contributed by atoms with Crippen LogP contribution in [0.1, 0.15) is 29.6 Å². The molecule has 1 aromatic heterocycles. The van der Waals surface area contributed by atoms with Gasteiger partial charge in [-0.05, 0) is 18.6 Å². The van der Waals surface area contributed by atoms with Crippen LogP contribution < -0.4 is 18.9 Å². The van der Waals surface area contributed by atoms with Crippen LogP contribution in [0.25, 0.3) is 0 Å². The lowest BCUT2D eigenvalue weighted by Crippen LogP contribution is -2.20. The highest BCUT2D eigenvalue weighted by molar-refractivity contribution is 6.27. The smallest absolute Gasteiger partial charge is 0.328 e. The van der Waals surface area contributed by atoms with Crippen molar-refractivity contribution in [3.8, 4) is 29.3 Å². The minimum atomic E-state index is -0.657. The minimum absolute atomic E-state index is 0.00831. The fourth-order valence-electron chi connectivity index (χ4n) is 2.91. The average Bonchev–Trinajstić information content (AvgIpc) is 2.73. The quantitative estimate of drug-likeness (QED) is 0.553. The maximum Gasteiger partial charge on any atom is 0.328 e. The van der Waals surface area contributed by atoms with Crippen LogP contribution in [0.15, 0.2) is 35.6 Å². The maximum absolute atomic E-state index is 13.1. The standard InChI is InChI=1S/C20H20N2O7/c1-26-14-9-4-6-11(18(25)17-12(23)7-5-8-13(17)24)19(14)29-20-21-15(27-2)10-16(22-20)28-3/h4,6,9-10,23H,5,7-8H2,1-3H3. The van der Waals surface area contributed by atoms with Gasteiger partial charge in [0.2, 0.25) is 17.5 Å². The van der Waals surface area contributed by atoms with Crippen molar-refractivity contribution in [2.45, 2.75) is 19.3 Å². The number of ether oxygens (including phenoxy) is 4. The van der Waals surface area contributed by atoms with E-state index in [1.807, 2.05) is 0 Å². The third-order valence-corrected chi connectivity index (χ3v) is 4.33. The van der Waals surface area contributed by atoms with Crippen LogP contribution in [-0.4, -0.2) is 48.0 Å². The second-order valence-corrected chi connectivity index (χ2v) is 6.10. The zero-order valence-corrected chi connectivity index (χ0v) is 16.2. The molecular formula is C20H20N2O7. The summed E-state index contributed by atoms with van der Waals surface area (Å²) in [5.74, 6) is -0.671. The van der Waals surface area contributed by atoms with Crippen molar-refractivity contribution < 1.29 is 33.6 Å². The molecule has 1 N–H and O–H groups in total. The number of carbonyl (C=O) groups excluding carboxylic acids is 2. The molecule has 0 saturated heterocycles. The van der Waals surface area contributed by atoms with E-state index in [-0.39, 0.29) is 59.0 Å². The van der Waals surface area contributed by atoms with E-state index < -0.39 is 11.6 Å². The number of aromatic nitrogens is 2. The van der Waals surface area contributed by atoms with Gasteiger partial charge in [0.15, 0.2) is 17.3 Å². The summed E-state index contributed by atoms with van der Waals surface area (Å²) in [4.78, 5) is 33.5. The number of Topliss-reactive ketones (excluding diaryl/α,β-unsaturated/α-hetero) is 2. The predicted octanol–water partition coefficient (Wildman–Crippen LogP) is 3.04. The van der Waals surface area contributed by atoms with Gasteiger partial charge < -0.3 is 24.1 Å². The van der Waals surface area contributed by atoms with Gasteiger partial charge in [0, 0.05) is 12.8 Å². The molecule has 3 rings (SSSR count). The average molecular weight is 400 g/mol. The van der Waals surface area contributed by atoms with E-state index >= 15 is 0 Å². The Labute approximate surface area is 166 Å². The number of para-hydroxylation sites is 1. The second-order valence-electron chi connectivity index (χ2n) is 6.10. The number of rotatable bonds is 7. The molecule has 1 aromatic carbocycles. The molecule has 0 fully saturated rings. The lowest BCUT2D eigenvalue weighted by atomic mass is 9.90. The van der Waals surface area contributed by atoms with Gasteiger partial charge in [0.05, 0.1) is 33.0 Å². The van der Waals surface area contributed by atoms with Gasteiger partial charge in [0.1, 0.15) is 11.3 Å². The highest BCUT2D eigenvalue weighted by atomic mass is 16.5. The molecule has 152 valence electrons. The van der Waals surface area contributed by atoms with Gasteiger partial charge in [-0.2, -0.15) is 9.97 Å². The maximum atomic E-state index is 13.1. The molecule has 29 heavy (non-hydrogen) atoms. The van der Waals surface area contributed by atoms with Crippen molar-refractivity contribution in [2.24, 2.45) is 0 Å². The number of aliphatic hydroxyl groups excluding tert-OH is 1. The number of benzene rings is 1. The first-order valence-electron chi connectivity index (χ1n) is 8.80. The van der Waals surface area contributed by atoms with Crippen LogP contribution in [-0.2, 0) is 4.79 Å². The number of methoxy groups -OCH3 is 3. The molecule has 1 heterocycles. The number of carbonyl (C=O) groups is 2. The fraction of sp³-hybridized carbons (Fsp3) is 0.300. The van der Waals surface area contributed by atoms with Crippen molar-refractivity contribution in [1.29, 1.82) is 0 Å². The predicted molar refractivity (Wildman–Crippen MR) is 101 cm³/mol. The molecule has 1 aliphatic carbocycles. The number of allylic oxidation sites excluding steroid dienone is 2. The van der Waals surface area contributed by atoms with E-state index in [0.717, 1.165) is 0 Å². The Morgan fingerprint density at radius 1 is 1.03 bits per heavy atom. The van der Waals surface area contributed by atoms with Gasteiger partial charge >= 0.3 is 6.01 Å². The number of nitrogens with zero attached hydrogens (tertiary/aromatic N) is 2. The summed E-state index contributed by atoms with van der Waals surface area (Å²) in [6.07, 6.45) is 0.963. The Morgan fingerprint density at radius 2 is 1.72 bits per heavy atom. The molecule has 9 heteroatoms. The first-order valence-corrected chi connectivity index (χ1v) is 8.80. The minimum Gasteiger partial charge on any atom is -0.511 e. The van der Waals surface area contributed by atoms with Crippen LogP contribution in [0.3, 0.4) is 0 Å². The Balaban J connectivity index is 2.08. The van der Waals surface area contributed by atoms with E-state index in [1.54, 1.807) is 12.1 Å². The van der Waals surface area contributed by atoms with Crippen LogP contribution in [0.5, 0.6) is 29.3 Å². The molecular weight excluding hydrogens is 380 g/mol. The number of hydrogen-bond donors (Lipinski definition) is 1. The lowest BCUT2D eigenvalue weighted by Gasteiger charge is -2.17. The van der Waals surface area contributed by atoms with E-state index in [1.165, 1.54) is 33.5 Å². The molecule has 0 aliphatic heterocycles.